The highest BCUT2D eigenvalue weighted by Gasteiger charge is 2.22. The van der Waals surface area contributed by atoms with Crippen LogP contribution >= 0.6 is 0 Å². The summed E-state index contributed by atoms with van der Waals surface area (Å²) in [6, 6.07) is 0. The summed E-state index contributed by atoms with van der Waals surface area (Å²) >= 11 is 0. The molecule has 1 rings (SSSR count). The van der Waals surface area contributed by atoms with Crippen molar-refractivity contribution in [1.82, 2.24) is 15.1 Å². The lowest BCUT2D eigenvalue weighted by atomic mass is 10.1. The third-order valence-corrected chi connectivity index (χ3v) is 3.02. The highest BCUT2D eigenvalue weighted by atomic mass is 16.3. The molecule has 1 aliphatic rings. The van der Waals surface area contributed by atoms with Crippen LogP contribution in [0.2, 0.25) is 0 Å². The highest BCUT2D eigenvalue weighted by Crippen LogP contribution is 2.04. The van der Waals surface area contributed by atoms with Gasteiger partial charge in [-0.25, -0.2) is 0 Å². The van der Waals surface area contributed by atoms with Crippen molar-refractivity contribution in [2.45, 2.75) is 39.3 Å². The van der Waals surface area contributed by atoms with E-state index in [4.69, 9.17) is 0 Å². The van der Waals surface area contributed by atoms with E-state index in [9.17, 15) is 9.90 Å². The van der Waals surface area contributed by atoms with Gasteiger partial charge in [0, 0.05) is 38.3 Å². The number of β-amino-alcohol motifs (C(OH)–C–C–N with tert-alkyl or cyclic N) is 1. The molecule has 1 saturated heterocycles. The fourth-order valence-electron chi connectivity index (χ4n) is 2.01. The topological polar surface area (TPSA) is 55.8 Å². The van der Waals surface area contributed by atoms with Crippen LogP contribution in [-0.2, 0) is 4.79 Å². The second-order valence-corrected chi connectivity index (χ2v) is 6.13. The Morgan fingerprint density at radius 2 is 1.83 bits per heavy atom. The smallest absolute Gasteiger partial charge is 0.236 e. The van der Waals surface area contributed by atoms with Gasteiger partial charge in [0.15, 0.2) is 0 Å². The van der Waals surface area contributed by atoms with E-state index in [1.165, 1.54) is 0 Å². The first-order chi connectivity index (χ1) is 8.28. The maximum atomic E-state index is 12.0. The Balaban J connectivity index is 2.27. The fraction of sp³-hybridized carbons (Fsp3) is 0.923. The van der Waals surface area contributed by atoms with Gasteiger partial charge in [-0.3, -0.25) is 9.69 Å². The average molecular weight is 257 g/mol. The van der Waals surface area contributed by atoms with Crippen LogP contribution in [0, 0.1) is 0 Å². The van der Waals surface area contributed by atoms with Gasteiger partial charge in [-0.2, -0.15) is 0 Å². The molecule has 0 aromatic heterocycles. The van der Waals surface area contributed by atoms with Crippen LogP contribution in [0.4, 0.5) is 0 Å². The van der Waals surface area contributed by atoms with Gasteiger partial charge in [-0.05, 0) is 27.7 Å². The largest absolute Gasteiger partial charge is 0.392 e. The van der Waals surface area contributed by atoms with Gasteiger partial charge >= 0.3 is 0 Å². The summed E-state index contributed by atoms with van der Waals surface area (Å²) in [4.78, 5) is 16.1. The molecule has 0 spiro atoms. The lowest BCUT2D eigenvalue weighted by Crippen LogP contribution is -2.53. The minimum atomic E-state index is -0.296. The molecule has 5 heteroatoms. The van der Waals surface area contributed by atoms with Crippen LogP contribution in [0.3, 0.4) is 0 Å². The second-order valence-electron chi connectivity index (χ2n) is 6.13. The van der Waals surface area contributed by atoms with Crippen molar-refractivity contribution in [3.05, 3.63) is 0 Å². The molecule has 0 bridgehead atoms. The Bertz CT molecular complexity index is 266. The Labute approximate surface area is 110 Å². The SMILES string of the molecule is CC(O)CN1CCN(C(=O)CNC(C)(C)C)CC1. The number of aliphatic hydroxyl groups is 1. The highest BCUT2D eigenvalue weighted by molar-refractivity contribution is 5.78. The molecule has 1 atom stereocenters. The van der Waals surface area contributed by atoms with Crippen molar-refractivity contribution < 1.29 is 9.90 Å². The van der Waals surface area contributed by atoms with Crippen molar-refractivity contribution in [3.63, 3.8) is 0 Å². The molecule has 1 fully saturated rings. The van der Waals surface area contributed by atoms with Crippen LogP contribution in [0.1, 0.15) is 27.7 Å². The van der Waals surface area contributed by atoms with Crippen LogP contribution < -0.4 is 5.32 Å². The maximum Gasteiger partial charge on any atom is 0.236 e. The number of aliphatic hydroxyl groups excluding tert-OH is 1. The van der Waals surface area contributed by atoms with Crippen molar-refractivity contribution in [2.75, 3.05) is 39.3 Å². The van der Waals surface area contributed by atoms with Crippen molar-refractivity contribution in [2.24, 2.45) is 0 Å². The molecule has 0 aliphatic carbocycles. The van der Waals surface area contributed by atoms with Crippen molar-refractivity contribution >= 4 is 5.91 Å². The van der Waals surface area contributed by atoms with Crippen LogP contribution in [-0.4, -0.2) is 71.7 Å². The number of hydrogen-bond acceptors (Lipinski definition) is 4. The van der Waals surface area contributed by atoms with Crippen LogP contribution in [0.5, 0.6) is 0 Å². The number of carbonyl (C=O) groups excluding carboxylic acids is 1. The van der Waals surface area contributed by atoms with E-state index in [0.717, 1.165) is 26.2 Å². The predicted molar refractivity (Wildman–Crippen MR) is 72.5 cm³/mol. The molecule has 1 unspecified atom stereocenters. The van der Waals surface area contributed by atoms with Gasteiger partial charge < -0.3 is 15.3 Å². The number of rotatable bonds is 4. The van der Waals surface area contributed by atoms with E-state index in [-0.39, 0.29) is 17.6 Å². The molecule has 0 radical (unpaired) electrons. The monoisotopic (exact) mass is 257 g/mol. The van der Waals surface area contributed by atoms with E-state index < -0.39 is 0 Å². The molecule has 0 saturated carbocycles. The first kappa shape index (κ1) is 15.4. The van der Waals surface area contributed by atoms with E-state index in [2.05, 4.69) is 31.0 Å². The van der Waals surface area contributed by atoms with Crippen molar-refractivity contribution in [3.8, 4) is 0 Å². The Morgan fingerprint density at radius 3 is 2.28 bits per heavy atom. The van der Waals surface area contributed by atoms with E-state index >= 15 is 0 Å². The normalized spacial score (nSPS) is 19.9. The summed E-state index contributed by atoms with van der Waals surface area (Å²) in [6.07, 6.45) is -0.296. The molecular weight excluding hydrogens is 230 g/mol. The Kier molecular flexibility index (Phi) is 5.56. The average Bonchev–Trinajstić information content (AvgIpc) is 2.25. The van der Waals surface area contributed by atoms with Crippen LogP contribution in [0.15, 0.2) is 0 Å². The lowest BCUT2D eigenvalue weighted by molar-refractivity contribution is -0.132. The zero-order valence-electron chi connectivity index (χ0n) is 12.1. The van der Waals surface area contributed by atoms with E-state index in [1.807, 2.05) is 4.90 Å². The molecule has 0 aromatic carbocycles. The zero-order valence-corrected chi connectivity index (χ0v) is 12.1. The van der Waals surface area contributed by atoms with Crippen LogP contribution in [0.25, 0.3) is 0 Å². The summed E-state index contributed by atoms with van der Waals surface area (Å²) in [5, 5.41) is 12.5. The van der Waals surface area contributed by atoms with Gasteiger partial charge in [0.1, 0.15) is 0 Å². The number of amides is 1. The molecule has 18 heavy (non-hydrogen) atoms. The third kappa shape index (κ3) is 5.80. The number of nitrogens with one attached hydrogen (secondary N) is 1. The number of piperazine rings is 1. The summed E-state index contributed by atoms with van der Waals surface area (Å²) in [5.74, 6) is 0.168. The fourth-order valence-corrected chi connectivity index (χ4v) is 2.01. The second kappa shape index (κ2) is 6.50. The summed E-state index contributed by atoms with van der Waals surface area (Å²) in [5.41, 5.74) is -0.0240. The molecule has 1 heterocycles. The molecule has 106 valence electrons. The Morgan fingerprint density at radius 1 is 1.28 bits per heavy atom. The molecule has 0 aromatic rings. The van der Waals surface area contributed by atoms with E-state index in [1.54, 1.807) is 6.92 Å². The number of carbonyl (C=O) groups is 1. The summed E-state index contributed by atoms with van der Waals surface area (Å²) in [6.45, 7) is 12.3. The lowest BCUT2D eigenvalue weighted by Gasteiger charge is -2.35. The molecule has 1 amide bonds. The Hall–Kier alpha value is -0.650. The minimum Gasteiger partial charge on any atom is -0.392 e. The summed E-state index contributed by atoms with van der Waals surface area (Å²) in [7, 11) is 0. The molecule has 5 nitrogen and oxygen atoms in total. The van der Waals surface area contributed by atoms with Gasteiger partial charge in [-0.15, -0.1) is 0 Å². The number of nitrogens with zero attached hydrogens (tertiary/aromatic N) is 2. The molecular formula is C13H27N3O2. The molecule has 1 aliphatic heterocycles. The first-order valence-electron chi connectivity index (χ1n) is 6.71. The zero-order chi connectivity index (χ0) is 13.8. The van der Waals surface area contributed by atoms with Gasteiger partial charge in [-0.1, -0.05) is 0 Å². The quantitative estimate of drug-likeness (QED) is 0.738. The standard InChI is InChI=1S/C13H27N3O2/c1-11(17)10-15-5-7-16(8-6-15)12(18)9-14-13(2,3)4/h11,14,17H,5-10H2,1-4H3. The predicted octanol–water partition coefficient (Wildman–Crippen LogP) is -0.100. The van der Waals surface area contributed by atoms with E-state index in [0.29, 0.717) is 13.1 Å². The number of hydrogen-bond donors (Lipinski definition) is 2. The van der Waals surface area contributed by atoms with Gasteiger partial charge in [0.25, 0.3) is 0 Å². The van der Waals surface area contributed by atoms with Gasteiger partial charge in [0.2, 0.25) is 5.91 Å². The maximum absolute atomic E-state index is 12.0. The molecule has 2 N–H and O–H groups in total. The summed E-state index contributed by atoms with van der Waals surface area (Å²) < 4.78 is 0. The van der Waals surface area contributed by atoms with Crippen molar-refractivity contribution in [1.29, 1.82) is 0 Å². The van der Waals surface area contributed by atoms with Gasteiger partial charge in [0.05, 0.1) is 12.6 Å². The minimum absolute atomic E-state index is 0.0240. The first-order valence-corrected chi connectivity index (χ1v) is 6.71. The third-order valence-electron chi connectivity index (χ3n) is 3.02.